The lowest BCUT2D eigenvalue weighted by molar-refractivity contribution is -0.0176. The molecule has 11 unspecified atom stereocenters. The summed E-state index contributed by atoms with van der Waals surface area (Å²) in [7, 11) is 2.08. The second-order valence-electron chi connectivity index (χ2n) is 23.6. The lowest BCUT2D eigenvalue weighted by Crippen LogP contribution is -2.52. The number of ether oxygens (including phenoxy) is 1. The molecule has 3 aliphatic heterocycles. The molecule has 1 aromatic carbocycles. The van der Waals surface area contributed by atoms with E-state index in [1.807, 2.05) is 0 Å². The summed E-state index contributed by atoms with van der Waals surface area (Å²) in [6, 6.07) is 12.3. The van der Waals surface area contributed by atoms with Crippen LogP contribution < -0.4 is 5.32 Å². The van der Waals surface area contributed by atoms with Crippen LogP contribution in [0.15, 0.2) is 64.2 Å². The molecule has 2 bridgehead atoms. The summed E-state index contributed by atoms with van der Waals surface area (Å²) in [6.07, 6.45) is 39.5. The predicted molar refractivity (Wildman–Crippen MR) is 273 cm³/mol. The number of rotatable bonds is 12. The highest BCUT2D eigenvalue weighted by Crippen LogP contribution is 2.56. The van der Waals surface area contributed by atoms with Crippen LogP contribution in [-0.2, 0) is 4.74 Å². The van der Waals surface area contributed by atoms with Crippen molar-refractivity contribution in [3.05, 3.63) is 82.2 Å². The Balaban J connectivity index is 0.854. The van der Waals surface area contributed by atoms with Crippen LogP contribution in [0.4, 0.5) is 0 Å². The number of fused-ring (bicyclic) bond motifs is 6. The molecular formula is C60H87N5O. The maximum Gasteiger partial charge on any atom is 0.163 e. The summed E-state index contributed by atoms with van der Waals surface area (Å²) in [4.78, 5) is 21.6. The summed E-state index contributed by atoms with van der Waals surface area (Å²) < 4.78 is 7.04. The van der Waals surface area contributed by atoms with E-state index in [9.17, 15) is 0 Å². The van der Waals surface area contributed by atoms with Crippen LogP contribution in [0.5, 0.6) is 0 Å². The Kier molecular flexibility index (Phi) is 14.8. The summed E-state index contributed by atoms with van der Waals surface area (Å²) in [5.74, 6) is 8.22. The van der Waals surface area contributed by atoms with Crippen molar-refractivity contribution in [2.45, 2.75) is 231 Å². The first-order valence-corrected chi connectivity index (χ1v) is 28.1. The first kappa shape index (κ1) is 46.8. The molecule has 6 nitrogen and oxygen atoms in total. The Bertz CT molecular complexity index is 2090. The van der Waals surface area contributed by atoms with Gasteiger partial charge in [-0.05, 0) is 130 Å². The molecule has 1 aromatic heterocycles. The van der Waals surface area contributed by atoms with Crippen LogP contribution >= 0.6 is 0 Å². The molecule has 6 fully saturated rings. The van der Waals surface area contributed by atoms with E-state index < -0.39 is 0 Å². The maximum absolute atomic E-state index is 7.04. The maximum atomic E-state index is 7.04. The smallest absolute Gasteiger partial charge is 0.163 e. The van der Waals surface area contributed by atoms with Crippen molar-refractivity contribution in [2.24, 2.45) is 45.9 Å². The van der Waals surface area contributed by atoms with Gasteiger partial charge in [0.15, 0.2) is 5.82 Å². The molecule has 1 N–H and O–H groups in total. The molecule has 8 aliphatic rings. The van der Waals surface area contributed by atoms with E-state index in [1.165, 1.54) is 177 Å². The number of allylic oxidation sites excluding steroid dienone is 4. The summed E-state index contributed by atoms with van der Waals surface area (Å²) >= 11 is 0. The summed E-state index contributed by atoms with van der Waals surface area (Å²) in [6.45, 7) is 9.71. The third-order valence-electron chi connectivity index (χ3n) is 19.4. The van der Waals surface area contributed by atoms with Crippen LogP contribution in [0.3, 0.4) is 0 Å². The van der Waals surface area contributed by atoms with Crippen molar-refractivity contribution in [2.75, 3.05) is 7.05 Å². The van der Waals surface area contributed by atoms with E-state index in [2.05, 4.69) is 82.5 Å². The monoisotopic (exact) mass is 894 g/mol. The number of hydrogen-bond donors (Lipinski definition) is 1. The van der Waals surface area contributed by atoms with Crippen molar-refractivity contribution in [1.82, 2.24) is 20.3 Å². The average molecular weight is 894 g/mol. The van der Waals surface area contributed by atoms with Gasteiger partial charge in [-0.25, -0.2) is 15.0 Å². The van der Waals surface area contributed by atoms with Crippen molar-refractivity contribution >= 4 is 11.3 Å². The fourth-order valence-electron chi connectivity index (χ4n) is 15.9. The van der Waals surface area contributed by atoms with Gasteiger partial charge in [0.2, 0.25) is 0 Å². The molecule has 0 spiro atoms. The Labute approximate surface area is 400 Å². The van der Waals surface area contributed by atoms with E-state index in [-0.39, 0.29) is 5.41 Å². The quantitative estimate of drug-likeness (QED) is 0.131. The second-order valence-corrected chi connectivity index (χ2v) is 23.6. The van der Waals surface area contributed by atoms with Crippen molar-refractivity contribution in [1.29, 1.82) is 0 Å². The number of benzene rings is 1. The van der Waals surface area contributed by atoms with E-state index in [4.69, 9.17) is 24.7 Å². The van der Waals surface area contributed by atoms with Gasteiger partial charge in [0.05, 0.1) is 12.2 Å². The van der Waals surface area contributed by atoms with Gasteiger partial charge >= 0.3 is 0 Å². The van der Waals surface area contributed by atoms with E-state index in [1.54, 1.807) is 11.1 Å². The Morgan fingerprint density at radius 1 is 0.788 bits per heavy atom. The number of aromatic nitrogens is 3. The van der Waals surface area contributed by atoms with Gasteiger partial charge in [0, 0.05) is 53.6 Å². The van der Waals surface area contributed by atoms with Gasteiger partial charge < -0.3 is 10.1 Å². The first-order chi connectivity index (χ1) is 32.3. The Morgan fingerprint density at radius 3 is 2.39 bits per heavy atom. The zero-order valence-electron chi connectivity index (χ0n) is 42.1. The van der Waals surface area contributed by atoms with Crippen LogP contribution in [0, 0.1) is 40.9 Å². The van der Waals surface area contributed by atoms with Gasteiger partial charge in [0.25, 0.3) is 0 Å². The van der Waals surface area contributed by atoms with Crippen LogP contribution in [0.2, 0.25) is 0 Å². The third kappa shape index (κ3) is 9.65. The Hall–Kier alpha value is -2.96. The van der Waals surface area contributed by atoms with Gasteiger partial charge in [-0.3, -0.25) is 4.99 Å². The highest BCUT2D eigenvalue weighted by atomic mass is 16.5. The minimum atomic E-state index is 0.117. The zero-order valence-corrected chi connectivity index (χ0v) is 42.1. The molecule has 2 aromatic rings. The number of unbranched alkanes of at least 4 members (excludes halogenated alkanes) is 1. The fraction of sp³-hybridized carbons (Fsp3) is 0.733. The van der Waals surface area contributed by atoms with Crippen LogP contribution in [0.1, 0.15) is 230 Å². The topological polar surface area (TPSA) is 72.3 Å². The van der Waals surface area contributed by atoms with E-state index >= 15 is 0 Å². The molecule has 358 valence electrons. The highest BCUT2D eigenvalue weighted by molar-refractivity contribution is 6.02. The molecule has 11 atom stereocenters. The van der Waals surface area contributed by atoms with E-state index in [0.717, 1.165) is 48.1 Å². The van der Waals surface area contributed by atoms with Gasteiger partial charge in [-0.1, -0.05) is 159 Å². The fourth-order valence-corrected chi connectivity index (χ4v) is 15.9. The SMILES string of the molecule is CCC(CCCCC1CCCCC(C2C(C(=NC)c3ccccc3)CCC3OC4CCCCC4C32)C1)c1nc(C2=C(C)CC3=C(C=C2)C(C)(C)C2CCCCC3N2)nc(C2CCCCC2)n1. The van der Waals surface area contributed by atoms with Gasteiger partial charge in [-0.15, -0.1) is 0 Å². The second kappa shape index (κ2) is 21.0. The number of hydrogen-bond acceptors (Lipinski definition) is 6. The standard InChI is InChI=1S/C60H87N5O/c1-6-41(57-63-58(43-26-11-8-12-27-43)65-59(64-57)45-33-35-49-48(37-39(45)2)50-30-18-20-32-53(62-50)60(49,3)4)23-15-13-21-40-22-14-16-28-44(38-40)54-47(56(61-5)42-24-9-7-10-25-42)34-36-52-55(54)46-29-17-19-31-51(46)66-52/h7,9-10,24-25,33,35,40-41,43-44,46-47,50-55,62H,6,8,11-23,26-32,34,36-38H2,1-5H3. The lowest BCUT2D eigenvalue weighted by Gasteiger charge is -2.47. The molecule has 6 heteroatoms. The van der Waals surface area contributed by atoms with Crippen LogP contribution in [0.25, 0.3) is 5.57 Å². The lowest BCUT2D eigenvalue weighted by atomic mass is 9.57. The minimum absolute atomic E-state index is 0.117. The van der Waals surface area contributed by atoms with Crippen LogP contribution in [-0.4, -0.2) is 52.0 Å². The zero-order chi connectivity index (χ0) is 45.2. The molecule has 2 saturated heterocycles. The van der Waals surface area contributed by atoms with E-state index in [0.29, 0.717) is 53.9 Å². The average Bonchev–Trinajstić information content (AvgIpc) is 3.55. The number of nitrogens with one attached hydrogen (secondary N) is 1. The molecule has 4 saturated carbocycles. The normalized spacial score (nSPS) is 34.5. The summed E-state index contributed by atoms with van der Waals surface area (Å²) in [5, 5.41) is 4.12. The molecule has 0 radical (unpaired) electrons. The molecule has 66 heavy (non-hydrogen) atoms. The Morgan fingerprint density at radius 2 is 1.56 bits per heavy atom. The molecule has 10 rings (SSSR count). The molecule has 4 heterocycles. The molecule has 5 aliphatic carbocycles. The molecular weight excluding hydrogens is 807 g/mol. The predicted octanol–water partition coefficient (Wildman–Crippen LogP) is 14.9. The largest absolute Gasteiger partial charge is 0.374 e. The van der Waals surface area contributed by atoms with Gasteiger partial charge in [0.1, 0.15) is 11.6 Å². The van der Waals surface area contributed by atoms with Crippen molar-refractivity contribution < 1.29 is 4.74 Å². The minimum Gasteiger partial charge on any atom is -0.374 e. The summed E-state index contributed by atoms with van der Waals surface area (Å²) in [5.41, 5.74) is 8.72. The number of nitrogens with zero attached hydrogens (tertiary/aromatic N) is 4. The van der Waals surface area contributed by atoms with Crippen molar-refractivity contribution in [3.63, 3.8) is 0 Å². The highest BCUT2D eigenvalue weighted by Gasteiger charge is 2.55. The van der Waals surface area contributed by atoms with Gasteiger partial charge in [-0.2, -0.15) is 0 Å². The van der Waals surface area contributed by atoms with Crippen molar-refractivity contribution in [3.8, 4) is 0 Å². The molecule has 0 amide bonds. The first-order valence-electron chi connectivity index (χ1n) is 28.1. The third-order valence-corrected chi connectivity index (χ3v) is 19.4. The number of aliphatic imine (C=N–C) groups is 1.